The SMILES string of the molecule is CC(=O)Nc1ccc(-c2csc3nc(Nc4nnc(C)s4)nn23)cc1. The number of benzene rings is 1. The quantitative estimate of drug-likeness (QED) is 0.571. The molecule has 3 heterocycles. The van der Waals surface area contributed by atoms with Crippen LogP contribution in [0.5, 0.6) is 0 Å². The second-order valence-corrected chi connectivity index (χ2v) is 7.28. The van der Waals surface area contributed by atoms with Crippen LogP contribution in [0.15, 0.2) is 29.6 Å². The van der Waals surface area contributed by atoms with Crippen LogP contribution in [0, 0.1) is 6.92 Å². The molecule has 0 saturated heterocycles. The second kappa shape index (κ2) is 6.22. The number of nitrogens with zero attached hydrogens (tertiary/aromatic N) is 5. The molecule has 0 aliphatic carbocycles. The van der Waals surface area contributed by atoms with E-state index in [1.807, 2.05) is 36.6 Å². The minimum absolute atomic E-state index is 0.0930. The van der Waals surface area contributed by atoms with Gasteiger partial charge in [-0.15, -0.1) is 26.6 Å². The number of nitrogens with one attached hydrogen (secondary N) is 2. The summed E-state index contributed by atoms with van der Waals surface area (Å²) >= 11 is 2.96. The zero-order valence-electron chi connectivity index (χ0n) is 13.3. The molecule has 0 aliphatic heterocycles. The fourth-order valence-electron chi connectivity index (χ4n) is 2.30. The molecule has 3 aromatic heterocycles. The van der Waals surface area contributed by atoms with E-state index in [0.29, 0.717) is 11.1 Å². The fourth-order valence-corrected chi connectivity index (χ4v) is 3.72. The summed E-state index contributed by atoms with van der Waals surface area (Å²) in [5.41, 5.74) is 2.68. The van der Waals surface area contributed by atoms with E-state index in [-0.39, 0.29) is 5.91 Å². The maximum absolute atomic E-state index is 11.1. The van der Waals surface area contributed by atoms with E-state index >= 15 is 0 Å². The van der Waals surface area contributed by atoms with Crippen LogP contribution < -0.4 is 10.6 Å². The number of anilines is 3. The van der Waals surface area contributed by atoms with Crippen molar-refractivity contribution in [2.75, 3.05) is 10.6 Å². The van der Waals surface area contributed by atoms with Crippen LogP contribution in [0.1, 0.15) is 11.9 Å². The van der Waals surface area contributed by atoms with Crippen LogP contribution in [0.2, 0.25) is 0 Å². The van der Waals surface area contributed by atoms with Crippen molar-refractivity contribution in [1.29, 1.82) is 0 Å². The summed E-state index contributed by atoms with van der Waals surface area (Å²) in [6.45, 7) is 3.38. The normalized spacial score (nSPS) is 11.0. The van der Waals surface area contributed by atoms with E-state index < -0.39 is 0 Å². The van der Waals surface area contributed by atoms with Gasteiger partial charge >= 0.3 is 0 Å². The summed E-state index contributed by atoms with van der Waals surface area (Å²) in [7, 11) is 0. The van der Waals surface area contributed by atoms with Gasteiger partial charge in [0.1, 0.15) is 5.01 Å². The first-order chi connectivity index (χ1) is 12.1. The Morgan fingerprint density at radius 1 is 1.20 bits per heavy atom. The molecule has 126 valence electrons. The van der Waals surface area contributed by atoms with Gasteiger partial charge in [-0.1, -0.05) is 23.5 Å². The lowest BCUT2D eigenvalue weighted by molar-refractivity contribution is -0.114. The highest BCUT2D eigenvalue weighted by atomic mass is 32.1. The number of amides is 1. The monoisotopic (exact) mass is 371 g/mol. The van der Waals surface area contributed by atoms with Gasteiger partial charge in [-0.05, 0) is 19.1 Å². The van der Waals surface area contributed by atoms with Crippen molar-refractivity contribution >= 4 is 50.3 Å². The largest absolute Gasteiger partial charge is 0.326 e. The number of hydrogen-bond acceptors (Lipinski definition) is 8. The Balaban J connectivity index is 1.62. The molecule has 25 heavy (non-hydrogen) atoms. The molecule has 0 bridgehead atoms. The number of hydrogen-bond donors (Lipinski definition) is 2. The van der Waals surface area contributed by atoms with Crippen LogP contribution in [-0.4, -0.2) is 30.7 Å². The number of fused-ring (bicyclic) bond motifs is 1. The molecular formula is C15H13N7OS2. The molecular weight excluding hydrogens is 358 g/mol. The molecule has 0 aliphatic rings. The highest BCUT2D eigenvalue weighted by Gasteiger charge is 2.13. The topological polar surface area (TPSA) is 97.1 Å². The van der Waals surface area contributed by atoms with Gasteiger partial charge in [0.15, 0.2) is 0 Å². The van der Waals surface area contributed by atoms with Gasteiger partial charge in [0.2, 0.25) is 21.9 Å². The number of aryl methyl sites for hydroxylation is 1. The molecule has 1 amide bonds. The first kappa shape index (κ1) is 15.7. The lowest BCUT2D eigenvalue weighted by Crippen LogP contribution is -2.05. The Morgan fingerprint density at radius 3 is 2.68 bits per heavy atom. The van der Waals surface area contributed by atoms with E-state index in [1.165, 1.54) is 29.6 Å². The Bertz CT molecular complexity index is 1050. The Kier molecular flexibility index (Phi) is 3.90. The summed E-state index contributed by atoms with van der Waals surface area (Å²) in [6.07, 6.45) is 0. The predicted octanol–water partition coefficient (Wildman–Crippen LogP) is 3.32. The summed E-state index contributed by atoms with van der Waals surface area (Å²) in [6, 6.07) is 7.60. The Labute approximate surface area is 150 Å². The molecule has 4 rings (SSSR count). The van der Waals surface area contributed by atoms with E-state index in [1.54, 1.807) is 4.52 Å². The van der Waals surface area contributed by atoms with Crippen LogP contribution in [0.25, 0.3) is 16.2 Å². The van der Waals surface area contributed by atoms with Gasteiger partial charge in [-0.2, -0.15) is 4.98 Å². The van der Waals surface area contributed by atoms with Crippen molar-refractivity contribution < 1.29 is 4.79 Å². The number of aromatic nitrogens is 5. The van der Waals surface area contributed by atoms with Crippen LogP contribution in [0.4, 0.5) is 16.8 Å². The van der Waals surface area contributed by atoms with Gasteiger partial charge in [-0.3, -0.25) is 10.1 Å². The van der Waals surface area contributed by atoms with Crippen molar-refractivity contribution in [3.8, 4) is 11.3 Å². The van der Waals surface area contributed by atoms with Crippen LogP contribution >= 0.6 is 22.7 Å². The fraction of sp³-hybridized carbons (Fsp3) is 0.133. The lowest BCUT2D eigenvalue weighted by Gasteiger charge is -2.03. The lowest BCUT2D eigenvalue weighted by atomic mass is 10.1. The van der Waals surface area contributed by atoms with Gasteiger partial charge in [-0.25, -0.2) is 4.52 Å². The van der Waals surface area contributed by atoms with Gasteiger partial charge in [0, 0.05) is 23.6 Å². The third-order valence-electron chi connectivity index (χ3n) is 3.33. The van der Waals surface area contributed by atoms with Crippen molar-refractivity contribution in [2.45, 2.75) is 13.8 Å². The smallest absolute Gasteiger partial charge is 0.250 e. The average molecular weight is 371 g/mol. The molecule has 0 atom stereocenters. The molecule has 0 saturated carbocycles. The van der Waals surface area contributed by atoms with Crippen molar-refractivity contribution in [2.24, 2.45) is 0 Å². The maximum atomic E-state index is 11.1. The van der Waals surface area contributed by atoms with Crippen molar-refractivity contribution in [3.63, 3.8) is 0 Å². The number of carbonyl (C=O) groups is 1. The zero-order chi connectivity index (χ0) is 17.4. The number of rotatable bonds is 4. The van der Waals surface area contributed by atoms with Gasteiger partial charge < -0.3 is 5.32 Å². The standard InChI is InChI=1S/C15H13N7OS2/c1-8(23)16-11-5-3-10(4-6-11)12-7-24-15-18-13(21-22(12)15)17-14-20-19-9(2)25-14/h3-7H,1-2H3,(H,16,23)(H,17,20,21). The summed E-state index contributed by atoms with van der Waals surface area (Å²) in [4.78, 5) is 16.4. The third-order valence-corrected chi connectivity index (χ3v) is 4.90. The molecule has 2 N–H and O–H groups in total. The zero-order valence-corrected chi connectivity index (χ0v) is 15.0. The van der Waals surface area contributed by atoms with E-state index in [2.05, 4.69) is 30.9 Å². The van der Waals surface area contributed by atoms with Crippen molar-refractivity contribution in [1.82, 2.24) is 24.8 Å². The molecule has 10 heteroatoms. The van der Waals surface area contributed by atoms with E-state index in [4.69, 9.17) is 0 Å². The molecule has 0 spiro atoms. The van der Waals surface area contributed by atoms with Gasteiger partial charge in [0.05, 0.1) is 5.69 Å². The predicted molar refractivity (Wildman–Crippen MR) is 98.5 cm³/mol. The molecule has 0 unspecified atom stereocenters. The summed E-state index contributed by atoms with van der Waals surface area (Å²) in [5, 5.41) is 21.8. The maximum Gasteiger partial charge on any atom is 0.250 e. The molecule has 1 aromatic carbocycles. The number of thiazole rings is 1. The Morgan fingerprint density at radius 2 is 2.00 bits per heavy atom. The molecule has 0 radical (unpaired) electrons. The van der Waals surface area contributed by atoms with Gasteiger partial charge in [0.25, 0.3) is 0 Å². The summed E-state index contributed by atoms with van der Waals surface area (Å²) < 4.78 is 1.79. The Hall–Kier alpha value is -2.85. The van der Waals surface area contributed by atoms with E-state index in [9.17, 15) is 4.79 Å². The first-order valence-electron chi connectivity index (χ1n) is 7.38. The van der Waals surface area contributed by atoms with Crippen LogP contribution in [0.3, 0.4) is 0 Å². The second-order valence-electron chi connectivity index (χ2n) is 5.26. The first-order valence-corrected chi connectivity index (χ1v) is 9.07. The minimum atomic E-state index is -0.0930. The molecule has 4 aromatic rings. The average Bonchev–Trinajstić information content (AvgIpc) is 3.24. The highest BCUT2D eigenvalue weighted by molar-refractivity contribution is 7.15. The number of carbonyl (C=O) groups excluding carboxylic acids is 1. The van der Waals surface area contributed by atoms with E-state index in [0.717, 1.165) is 26.9 Å². The highest BCUT2D eigenvalue weighted by Crippen LogP contribution is 2.28. The minimum Gasteiger partial charge on any atom is -0.326 e. The van der Waals surface area contributed by atoms with Crippen molar-refractivity contribution in [3.05, 3.63) is 34.7 Å². The molecule has 0 fully saturated rings. The molecule has 8 nitrogen and oxygen atoms in total. The van der Waals surface area contributed by atoms with Crippen LogP contribution in [-0.2, 0) is 4.79 Å². The summed E-state index contributed by atoms with van der Waals surface area (Å²) in [5.74, 6) is 0.392. The third kappa shape index (κ3) is 3.21.